The van der Waals surface area contributed by atoms with Crippen LogP contribution in [0.2, 0.25) is 0 Å². The second-order valence-electron chi connectivity index (χ2n) is 5.25. The van der Waals surface area contributed by atoms with Crippen LogP contribution in [0.25, 0.3) is 0 Å². The molecule has 4 heteroatoms. The first-order valence-electron chi connectivity index (χ1n) is 7.22. The SMILES string of the molecule is CCC1=C(C(=O)OCc2ccccc2)C(=O)CC1(O)CC. The highest BCUT2D eigenvalue weighted by Gasteiger charge is 2.44. The molecule has 1 aromatic rings. The summed E-state index contributed by atoms with van der Waals surface area (Å²) in [7, 11) is 0. The van der Waals surface area contributed by atoms with Gasteiger partial charge in [-0.2, -0.15) is 0 Å². The fraction of sp³-hybridized carbons (Fsp3) is 0.412. The Bertz CT molecular complexity index is 574. The number of aliphatic hydroxyl groups is 1. The van der Waals surface area contributed by atoms with E-state index in [4.69, 9.17) is 4.74 Å². The van der Waals surface area contributed by atoms with Crippen molar-refractivity contribution in [3.63, 3.8) is 0 Å². The predicted octanol–water partition coefficient (Wildman–Crippen LogP) is 2.55. The zero-order valence-electron chi connectivity index (χ0n) is 12.4. The van der Waals surface area contributed by atoms with Crippen molar-refractivity contribution in [1.82, 2.24) is 0 Å². The monoisotopic (exact) mass is 288 g/mol. The molecule has 1 atom stereocenters. The van der Waals surface area contributed by atoms with Crippen LogP contribution in [0.4, 0.5) is 0 Å². The zero-order chi connectivity index (χ0) is 15.5. The Morgan fingerprint density at radius 1 is 1.29 bits per heavy atom. The van der Waals surface area contributed by atoms with Crippen molar-refractivity contribution in [1.29, 1.82) is 0 Å². The lowest BCUT2D eigenvalue weighted by Crippen LogP contribution is -2.27. The zero-order valence-corrected chi connectivity index (χ0v) is 12.4. The summed E-state index contributed by atoms with van der Waals surface area (Å²) in [6.07, 6.45) is 0.853. The summed E-state index contributed by atoms with van der Waals surface area (Å²) in [5.74, 6) is -0.959. The first-order valence-corrected chi connectivity index (χ1v) is 7.22. The third-order valence-electron chi connectivity index (χ3n) is 3.95. The number of carbonyl (C=O) groups excluding carboxylic acids is 2. The number of rotatable bonds is 5. The lowest BCUT2D eigenvalue weighted by molar-refractivity contribution is -0.141. The van der Waals surface area contributed by atoms with E-state index in [1.807, 2.05) is 37.3 Å². The van der Waals surface area contributed by atoms with E-state index in [2.05, 4.69) is 0 Å². The maximum absolute atomic E-state index is 12.2. The number of hydrogen-bond acceptors (Lipinski definition) is 4. The van der Waals surface area contributed by atoms with Crippen molar-refractivity contribution < 1.29 is 19.4 Å². The van der Waals surface area contributed by atoms with E-state index >= 15 is 0 Å². The van der Waals surface area contributed by atoms with Gasteiger partial charge in [-0.1, -0.05) is 44.2 Å². The number of ketones is 1. The Kier molecular flexibility index (Phi) is 4.58. The minimum atomic E-state index is -1.19. The molecule has 1 aliphatic carbocycles. The molecule has 112 valence electrons. The van der Waals surface area contributed by atoms with E-state index in [9.17, 15) is 14.7 Å². The highest BCUT2D eigenvalue weighted by Crippen LogP contribution is 2.38. The molecule has 2 rings (SSSR count). The van der Waals surface area contributed by atoms with Gasteiger partial charge >= 0.3 is 5.97 Å². The van der Waals surface area contributed by atoms with Crippen molar-refractivity contribution >= 4 is 11.8 Å². The van der Waals surface area contributed by atoms with Gasteiger partial charge in [0.1, 0.15) is 12.2 Å². The summed E-state index contributed by atoms with van der Waals surface area (Å²) in [5, 5.41) is 10.4. The number of esters is 1. The van der Waals surface area contributed by atoms with Crippen LogP contribution in [0.3, 0.4) is 0 Å². The number of ether oxygens (including phenoxy) is 1. The van der Waals surface area contributed by atoms with Crippen LogP contribution in [0.5, 0.6) is 0 Å². The summed E-state index contributed by atoms with van der Waals surface area (Å²) in [4.78, 5) is 24.2. The molecule has 0 heterocycles. The van der Waals surface area contributed by atoms with Gasteiger partial charge in [-0.15, -0.1) is 0 Å². The van der Waals surface area contributed by atoms with Gasteiger partial charge in [0, 0.05) is 6.42 Å². The normalized spacial score (nSPS) is 21.8. The molecule has 0 aromatic heterocycles. The molecule has 0 aliphatic heterocycles. The lowest BCUT2D eigenvalue weighted by Gasteiger charge is -2.23. The number of benzene rings is 1. The van der Waals surface area contributed by atoms with Gasteiger partial charge in [-0.05, 0) is 24.0 Å². The van der Waals surface area contributed by atoms with Crippen LogP contribution in [0, 0.1) is 0 Å². The molecule has 0 bridgehead atoms. The van der Waals surface area contributed by atoms with E-state index in [1.165, 1.54) is 0 Å². The molecule has 0 amide bonds. The van der Waals surface area contributed by atoms with Crippen molar-refractivity contribution in [2.45, 2.75) is 45.3 Å². The van der Waals surface area contributed by atoms with Crippen molar-refractivity contribution in [2.75, 3.05) is 0 Å². The number of carbonyl (C=O) groups is 2. The number of Topliss-reactive ketones (excluding diaryl/α,β-unsaturated/α-hetero) is 1. The Labute approximate surface area is 124 Å². The van der Waals surface area contributed by atoms with Gasteiger partial charge < -0.3 is 9.84 Å². The maximum Gasteiger partial charge on any atom is 0.342 e. The molecule has 1 aromatic carbocycles. The summed E-state index contributed by atoms with van der Waals surface area (Å²) >= 11 is 0. The Balaban J connectivity index is 2.17. The van der Waals surface area contributed by atoms with Gasteiger partial charge in [0.2, 0.25) is 0 Å². The van der Waals surface area contributed by atoms with Crippen LogP contribution in [-0.4, -0.2) is 22.5 Å². The fourth-order valence-electron chi connectivity index (χ4n) is 2.74. The summed E-state index contributed by atoms with van der Waals surface area (Å²) < 4.78 is 5.22. The molecule has 1 aliphatic rings. The van der Waals surface area contributed by atoms with E-state index < -0.39 is 11.6 Å². The highest BCUT2D eigenvalue weighted by atomic mass is 16.5. The Hall–Kier alpha value is -1.94. The Morgan fingerprint density at radius 2 is 1.95 bits per heavy atom. The van der Waals surface area contributed by atoms with E-state index in [0.717, 1.165) is 5.56 Å². The van der Waals surface area contributed by atoms with Crippen LogP contribution in [-0.2, 0) is 20.9 Å². The molecule has 0 saturated carbocycles. The first-order chi connectivity index (χ1) is 10.0. The smallest absolute Gasteiger partial charge is 0.342 e. The van der Waals surface area contributed by atoms with Gasteiger partial charge in [0.05, 0.1) is 5.60 Å². The predicted molar refractivity (Wildman–Crippen MR) is 78.4 cm³/mol. The Morgan fingerprint density at radius 3 is 2.52 bits per heavy atom. The van der Waals surface area contributed by atoms with Crippen LogP contribution in [0.1, 0.15) is 38.7 Å². The lowest BCUT2D eigenvalue weighted by atomic mass is 9.90. The maximum atomic E-state index is 12.2. The average molecular weight is 288 g/mol. The highest BCUT2D eigenvalue weighted by molar-refractivity contribution is 6.20. The standard InChI is InChI=1S/C17H20O4/c1-3-13-15(14(18)10-17(13,20)4-2)16(19)21-11-12-8-6-5-7-9-12/h5-9,20H,3-4,10-11H2,1-2H3. The third kappa shape index (κ3) is 3.05. The minimum Gasteiger partial charge on any atom is -0.457 e. The third-order valence-corrected chi connectivity index (χ3v) is 3.95. The average Bonchev–Trinajstić information content (AvgIpc) is 2.76. The van der Waals surface area contributed by atoms with Gasteiger partial charge in [-0.3, -0.25) is 4.79 Å². The fourth-order valence-corrected chi connectivity index (χ4v) is 2.74. The molecular formula is C17H20O4. The minimum absolute atomic E-state index is 0.0254. The van der Waals surface area contributed by atoms with Gasteiger partial charge in [0.25, 0.3) is 0 Å². The molecule has 4 nitrogen and oxygen atoms in total. The largest absolute Gasteiger partial charge is 0.457 e. The molecular weight excluding hydrogens is 268 g/mol. The van der Waals surface area contributed by atoms with Crippen molar-refractivity contribution in [3.05, 3.63) is 47.0 Å². The van der Waals surface area contributed by atoms with E-state index in [-0.39, 0.29) is 24.4 Å². The molecule has 1 N–H and O–H groups in total. The first kappa shape index (κ1) is 15.4. The molecule has 0 spiro atoms. The van der Waals surface area contributed by atoms with Gasteiger partial charge in [-0.25, -0.2) is 4.79 Å². The summed E-state index contributed by atoms with van der Waals surface area (Å²) in [6, 6.07) is 9.29. The van der Waals surface area contributed by atoms with Crippen LogP contribution >= 0.6 is 0 Å². The molecule has 21 heavy (non-hydrogen) atoms. The quantitative estimate of drug-likeness (QED) is 0.668. The van der Waals surface area contributed by atoms with Crippen molar-refractivity contribution in [3.8, 4) is 0 Å². The van der Waals surface area contributed by atoms with Crippen LogP contribution < -0.4 is 0 Å². The van der Waals surface area contributed by atoms with Gasteiger partial charge in [0.15, 0.2) is 5.78 Å². The number of hydrogen-bond donors (Lipinski definition) is 1. The molecule has 1 unspecified atom stereocenters. The van der Waals surface area contributed by atoms with E-state index in [1.54, 1.807) is 6.92 Å². The molecule has 0 fully saturated rings. The summed E-state index contributed by atoms with van der Waals surface area (Å²) in [5.41, 5.74) is 0.221. The second-order valence-corrected chi connectivity index (χ2v) is 5.25. The van der Waals surface area contributed by atoms with Crippen molar-refractivity contribution in [2.24, 2.45) is 0 Å². The summed E-state index contributed by atoms with van der Waals surface area (Å²) in [6.45, 7) is 3.76. The topological polar surface area (TPSA) is 63.6 Å². The van der Waals surface area contributed by atoms with Crippen LogP contribution in [0.15, 0.2) is 41.5 Å². The molecule has 0 saturated heterocycles. The second kappa shape index (κ2) is 6.22. The molecule has 0 radical (unpaired) electrons. The van der Waals surface area contributed by atoms with E-state index in [0.29, 0.717) is 18.4 Å².